The molecule has 0 spiro atoms. The molecule has 5 nitrogen and oxygen atoms in total. The fourth-order valence-electron chi connectivity index (χ4n) is 2.74. The summed E-state index contributed by atoms with van der Waals surface area (Å²) in [4.78, 5) is 2.28. The number of methoxy groups -OCH3 is 3. The van der Waals surface area contributed by atoms with Crippen molar-refractivity contribution in [3.63, 3.8) is 0 Å². The first-order valence-corrected chi connectivity index (χ1v) is 6.87. The molecule has 1 aromatic rings. The van der Waals surface area contributed by atoms with Crippen LogP contribution in [0.15, 0.2) is 12.1 Å². The fraction of sp³-hybridized carbons (Fsp3) is 0.600. The van der Waals surface area contributed by atoms with E-state index in [1.54, 1.807) is 21.3 Å². The van der Waals surface area contributed by atoms with Crippen LogP contribution in [0.3, 0.4) is 0 Å². The van der Waals surface area contributed by atoms with Crippen molar-refractivity contribution in [3.05, 3.63) is 17.7 Å². The summed E-state index contributed by atoms with van der Waals surface area (Å²) in [5, 5.41) is 9.41. The van der Waals surface area contributed by atoms with Gasteiger partial charge in [-0.1, -0.05) is 0 Å². The maximum atomic E-state index is 9.41. The van der Waals surface area contributed by atoms with E-state index in [2.05, 4.69) is 4.90 Å². The van der Waals surface area contributed by atoms with Gasteiger partial charge in [-0.25, -0.2) is 0 Å². The van der Waals surface area contributed by atoms with Crippen molar-refractivity contribution in [2.75, 3.05) is 34.5 Å². The molecule has 0 amide bonds. The molecule has 0 radical (unpaired) electrons. The van der Waals surface area contributed by atoms with Gasteiger partial charge in [0.05, 0.1) is 27.9 Å². The molecule has 1 N–H and O–H groups in total. The highest BCUT2D eigenvalue weighted by atomic mass is 16.5. The maximum Gasteiger partial charge on any atom is 0.164 e. The summed E-state index contributed by atoms with van der Waals surface area (Å²) in [6, 6.07) is 4.04. The van der Waals surface area contributed by atoms with Crippen LogP contribution in [0, 0.1) is 0 Å². The zero-order valence-corrected chi connectivity index (χ0v) is 12.4. The highest BCUT2D eigenvalue weighted by Crippen LogP contribution is 2.36. The molecule has 1 fully saturated rings. The molecular formula is C15H23NO4. The van der Waals surface area contributed by atoms with Gasteiger partial charge >= 0.3 is 0 Å². The topological polar surface area (TPSA) is 51.2 Å². The van der Waals surface area contributed by atoms with Crippen LogP contribution in [0.5, 0.6) is 17.2 Å². The van der Waals surface area contributed by atoms with Gasteiger partial charge < -0.3 is 19.3 Å². The fourth-order valence-corrected chi connectivity index (χ4v) is 2.74. The standard InChI is InChI=1S/C15H23NO4/c1-18-13-8-15(20-3)14(19-2)7-11(13)9-16-6-4-5-12(16)10-17/h7-8,12,17H,4-6,9-10H2,1-3H3. The zero-order chi connectivity index (χ0) is 14.5. The summed E-state index contributed by atoms with van der Waals surface area (Å²) in [5.41, 5.74) is 1.05. The Kier molecular flexibility index (Phi) is 5.09. The number of hydrogen-bond acceptors (Lipinski definition) is 5. The summed E-state index contributed by atoms with van der Waals surface area (Å²) in [6.45, 7) is 1.95. The SMILES string of the molecule is COc1cc(OC)c(OC)cc1CN1CCCC1CO. The smallest absolute Gasteiger partial charge is 0.164 e. The van der Waals surface area contributed by atoms with Crippen molar-refractivity contribution < 1.29 is 19.3 Å². The molecule has 1 atom stereocenters. The van der Waals surface area contributed by atoms with E-state index < -0.39 is 0 Å². The van der Waals surface area contributed by atoms with Gasteiger partial charge in [-0.05, 0) is 25.5 Å². The average molecular weight is 281 g/mol. The molecule has 1 aliphatic heterocycles. The zero-order valence-electron chi connectivity index (χ0n) is 12.4. The van der Waals surface area contributed by atoms with Gasteiger partial charge in [0, 0.05) is 24.2 Å². The van der Waals surface area contributed by atoms with E-state index in [4.69, 9.17) is 14.2 Å². The Morgan fingerprint density at radius 3 is 2.35 bits per heavy atom. The van der Waals surface area contributed by atoms with Crippen LogP contribution in [0.2, 0.25) is 0 Å². The van der Waals surface area contributed by atoms with E-state index in [0.717, 1.165) is 37.2 Å². The van der Waals surface area contributed by atoms with Crippen molar-refractivity contribution >= 4 is 0 Å². The Morgan fingerprint density at radius 2 is 1.75 bits per heavy atom. The largest absolute Gasteiger partial charge is 0.496 e. The number of aliphatic hydroxyl groups is 1. The molecule has 5 heteroatoms. The first-order valence-electron chi connectivity index (χ1n) is 6.87. The van der Waals surface area contributed by atoms with Gasteiger partial charge in [-0.3, -0.25) is 4.90 Å². The minimum Gasteiger partial charge on any atom is -0.496 e. The summed E-state index contributed by atoms with van der Waals surface area (Å²) in [7, 11) is 4.89. The van der Waals surface area contributed by atoms with Crippen molar-refractivity contribution in [1.82, 2.24) is 4.90 Å². The van der Waals surface area contributed by atoms with Crippen LogP contribution in [0.4, 0.5) is 0 Å². The lowest BCUT2D eigenvalue weighted by Crippen LogP contribution is -2.31. The first kappa shape index (κ1) is 14.9. The molecule has 0 aliphatic carbocycles. The van der Waals surface area contributed by atoms with Crippen molar-refractivity contribution in [3.8, 4) is 17.2 Å². The molecule has 1 unspecified atom stereocenters. The number of likely N-dealkylation sites (tertiary alicyclic amines) is 1. The van der Waals surface area contributed by atoms with E-state index in [1.807, 2.05) is 12.1 Å². The number of ether oxygens (including phenoxy) is 3. The van der Waals surface area contributed by atoms with E-state index in [1.165, 1.54) is 0 Å². The van der Waals surface area contributed by atoms with Gasteiger partial charge in [-0.15, -0.1) is 0 Å². The van der Waals surface area contributed by atoms with Crippen LogP contribution < -0.4 is 14.2 Å². The molecule has 0 aromatic heterocycles. The van der Waals surface area contributed by atoms with Gasteiger partial charge in [0.25, 0.3) is 0 Å². The van der Waals surface area contributed by atoms with Crippen LogP contribution in [0.1, 0.15) is 18.4 Å². The van der Waals surface area contributed by atoms with Crippen LogP contribution in [-0.4, -0.2) is 50.5 Å². The van der Waals surface area contributed by atoms with Crippen LogP contribution in [0.25, 0.3) is 0 Å². The van der Waals surface area contributed by atoms with Crippen molar-refractivity contribution in [1.29, 1.82) is 0 Å². The predicted octanol–water partition coefficient (Wildman–Crippen LogP) is 1.67. The Morgan fingerprint density at radius 1 is 1.10 bits per heavy atom. The molecule has 1 saturated heterocycles. The van der Waals surface area contributed by atoms with Crippen molar-refractivity contribution in [2.45, 2.75) is 25.4 Å². The van der Waals surface area contributed by atoms with Crippen LogP contribution >= 0.6 is 0 Å². The number of aliphatic hydroxyl groups excluding tert-OH is 1. The number of nitrogens with zero attached hydrogens (tertiary/aromatic N) is 1. The Hall–Kier alpha value is -1.46. The highest BCUT2D eigenvalue weighted by Gasteiger charge is 2.25. The predicted molar refractivity (Wildman–Crippen MR) is 76.6 cm³/mol. The van der Waals surface area contributed by atoms with Gasteiger partial charge in [0.2, 0.25) is 0 Å². The average Bonchev–Trinajstić information content (AvgIpc) is 2.93. The molecule has 1 heterocycles. The summed E-state index contributed by atoms with van der Waals surface area (Å²) in [5.74, 6) is 2.14. The second-order valence-electron chi connectivity index (χ2n) is 4.97. The molecule has 112 valence electrons. The van der Waals surface area contributed by atoms with E-state index >= 15 is 0 Å². The maximum absolute atomic E-state index is 9.41. The lowest BCUT2D eigenvalue weighted by atomic mass is 10.1. The monoisotopic (exact) mass is 281 g/mol. The molecule has 0 saturated carbocycles. The van der Waals surface area contributed by atoms with E-state index in [9.17, 15) is 5.11 Å². The molecule has 20 heavy (non-hydrogen) atoms. The van der Waals surface area contributed by atoms with Gasteiger partial charge in [0.15, 0.2) is 11.5 Å². The second-order valence-corrected chi connectivity index (χ2v) is 4.97. The Bertz CT molecular complexity index is 450. The molecule has 0 bridgehead atoms. The molecular weight excluding hydrogens is 258 g/mol. The quantitative estimate of drug-likeness (QED) is 0.859. The van der Waals surface area contributed by atoms with Crippen molar-refractivity contribution in [2.24, 2.45) is 0 Å². The Labute approximate surface area is 120 Å². The normalized spacial score (nSPS) is 19.1. The number of hydrogen-bond donors (Lipinski definition) is 1. The number of benzene rings is 1. The third-order valence-corrected chi connectivity index (χ3v) is 3.87. The first-order chi connectivity index (χ1) is 9.73. The summed E-state index contributed by atoms with van der Waals surface area (Å²) < 4.78 is 16.1. The lowest BCUT2D eigenvalue weighted by molar-refractivity contribution is 0.152. The Balaban J connectivity index is 2.25. The summed E-state index contributed by atoms with van der Waals surface area (Å²) in [6.07, 6.45) is 2.17. The molecule has 2 rings (SSSR count). The third kappa shape index (κ3) is 2.99. The highest BCUT2D eigenvalue weighted by molar-refractivity contribution is 5.50. The van der Waals surface area contributed by atoms with E-state index in [0.29, 0.717) is 11.5 Å². The summed E-state index contributed by atoms with van der Waals surface area (Å²) >= 11 is 0. The molecule has 1 aliphatic rings. The van der Waals surface area contributed by atoms with E-state index in [-0.39, 0.29) is 12.6 Å². The minimum atomic E-state index is 0.204. The van der Waals surface area contributed by atoms with Gasteiger partial charge in [0.1, 0.15) is 5.75 Å². The number of rotatable bonds is 6. The van der Waals surface area contributed by atoms with Crippen LogP contribution in [-0.2, 0) is 6.54 Å². The minimum absolute atomic E-state index is 0.204. The second kappa shape index (κ2) is 6.81. The molecule has 1 aromatic carbocycles. The van der Waals surface area contributed by atoms with Gasteiger partial charge in [-0.2, -0.15) is 0 Å². The lowest BCUT2D eigenvalue weighted by Gasteiger charge is -2.24. The third-order valence-electron chi connectivity index (χ3n) is 3.87.